The summed E-state index contributed by atoms with van der Waals surface area (Å²) in [5.74, 6) is -0.129. The third-order valence-electron chi connectivity index (χ3n) is 2.92. The Balaban J connectivity index is 2.12. The number of nitrogens with one attached hydrogen (secondary N) is 1. The predicted molar refractivity (Wildman–Crippen MR) is 101 cm³/mol. The lowest BCUT2D eigenvalue weighted by Gasteiger charge is -2.08. The number of nitrogens with two attached hydrogens (primary N) is 1. The Morgan fingerprint density at radius 3 is 2.68 bits per heavy atom. The molecule has 0 fully saturated rings. The summed E-state index contributed by atoms with van der Waals surface area (Å²) >= 11 is 23.6. The number of carbonyl (C=O) groups is 1. The van der Waals surface area contributed by atoms with E-state index < -0.39 is 5.91 Å². The lowest BCUT2D eigenvalue weighted by atomic mass is 10.2. The van der Waals surface area contributed by atoms with Crippen LogP contribution in [0.2, 0.25) is 20.2 Å². The molecule has 1 aromatic carbocycles. The molecule has 0 aliphatic carbocycles. The zero-order chi connectivity index (χ0) is 18.6. The summed E-state index contributed by atoms with van der Waals surface area (Å²) in [6.45, 7) is 2.36. The van der Waals surface area contributed by atoms with Crippen LogP contribution in [0.3, 0.4) is 0 Å². The van der Waals surface area contributed by atoms with Crippen LogP contribution in [-0.4, -0.2) is 23.7 Å². The highest BCUT2D eigenvalue weighted by Gasteiger charge is 2.19. The number of pyridine rings is 1. The van der Waals surface area contributed by atoms with Crippen LogP contribution >= 0.6 is 46.4 Å². The minimum absolute atomic E-state index is 0.0178. The molecule has 25 heavy (non-hydrogen) atoms. The van der Waals surface area contributed by atoms with Crippen molar-refractivity contribution in [2.75, 3.05) is 12.3 Å². The molecule has 0 saturated heterocycles. The van der Waals surface area contributed by atoms with Crippen molar-refractivity contribution in [2.45, 2.75) is 6.92 Å². The molecule has 0 saturated carbocycles. The number of hydrogen-bond acceptors (Lipinski definition) is 5. The van der Waals surface area contributed by atoms with E-state index in [1.54, 1.807) is 18.2 Å². The molecule has 1 aromatic heterocycles. The fraction of sp³-hybridized carbons (Fsp3) is 0.133. The molecule has 1 heterocycles. The first-order valence-electron chi connectivity index (χ1n) is 6.90. The highest BCUT2D eigenvalue weighted by atomic mass is 35.5. The number of hydrazone groups is 1. The van der Waals surface area contributed by atoms with E-state index in [4.69, 9.17) is 56.9 Å². The molecule has 1 amide bonds. The third-order valence-corrected chi connectivity index (χ3v) is 4.35. The van der Waals surface area contributed by atoms with Crippen molar-refractivity contribution in [1.29, 1.82) is 0 Å². The van der Waals surface area contributed by atoms with Gasteiger partial charge in [0.15, 0.2) is 10.8 Å². The van der Waals surface area contributed by atoms with E-state index in [1.807, 2.05) is 6.92 Å². The van der Waals surface area contributed by atoms with Crippen molar-refractivity contribution in [2.24, 2.45) is 5.10 Å². The van der Waals surface area contributed by atoms with E-state index in [0.717, 1.165) is 0 Å². The second kappa shape index (κ2) is 8.58. The van der Waals surface area contributed by atoms with Crippen molar-refractivity contribution in [3.05, 3.63) is 49.7 Å². The Labute approximate surface area is 163 Å². The number of halogens is 4. The van der Waals surface area contributed by atoms with Crippen LogP contribution in [0.25, 0.3) is 0 Å². The highest BCUT2D eigenvalue weighted by Crippen LogP contribution is 2.34. The molecule has 2 rings (SSSR count). The van der Waals surface area contributed by atoms with Crippen LogP contribution in [-0.2, 0) is 0 Å². The maximum atomic E-state index is 12.1. The number of ether oxygens (including phenoxy) is 1. The Morgan fingerprint density at radius 1 is 1.32 bits per heavy atom. The predicted octanol–water partition coefficient (Wildman–Crippen LogP) is 4.44. The van der Waals surface area contributed by atoms with E-state index in [9.17, 15) is 4.79 Å². The fourth-order valence-corrected chi connectivity index (χ4v) is 2.61. The molecular formula is C15H12Cl4N4O2. The average Bonchev–Trinajstić information content (AvgIpc) is 2.58. The third kappa shape index (κ3) is 4.67. The Kier molecular flexibility index (Phi) is 6.72. The summed E-state index contributed by atoms with van der Waals surface area (Å²) in [7, 11) is 0. The van der Waals surface area contributed by atoms with Crippen LogP contribution in [0.4, 0.5) is 5.69 Å². The molecule has 3 N–H and O–H groups in total. The summed E-state index contributed by atoms with van der Waals surface area (Å²) in [5.41, 5.74) is 8.37. The number of aromatic nitrogens is 1. The van der Waals surface area contributed by atoms with E-state index >= 15 is 0 Å². The molecule has 132 valence electrons. The average molecular weight is 422 g/mol. The van der Waals surface area contributed by atoms with Gasteiger partial charge in [0, 0.05) is 0 Å². The summed E-state index contributed by atoms with van der Waals surface area (Å²) in [6.07, 6.45) is 1.40. The van der Waals surface area contributed by atoms with Gasteiger partial charge in [0.1, 0.15) is 10.8 Å². The monoisotopic (exact) mass is 420 g/mol. The van der Waals surface area contributed by atoms with Crippen LogP contribution in [0, 0.1) is 0 Å². The molecule has 0 bridgehead atoms. The van der Waals surface area contributed by atoms with Crippen molar-refractivity contribution in [1.82, 2.24) is 10.4 Å². The lowest BCUT2D eigenvalue weighted by Crippen LogP contribution is -2.20. The number of nitrogen functional groups attached to an aromatic ring is 1. The van der Waals surface area contributed by atoms with E-state index in [1.165, 1.54) is 6.21 Å². The zero-order valence-electron chi connectivity index (χ0n) is 12.8. The Morgan fingerprint density at radius 2 is 2.04 bits per heavy atom. The normalized spacial score (nSPS) is 10.9. The molecule has 0 aliphatic rings. The van der Waals surface area contributed by atoms with Gasteiger partial charge in [-0.15, -0.1) is 0 Å². The van der Waals surface area contributed by atoms with E-state index in [-0.39, 0.29) is 26.6 Å². The number of carbonyl (C=O) groups excluding carboxylic acids is 1. The molecular weight excluding hydrogens is 410 g/mol. The van der Waals surface area contributed by atoms with E-state index in [2.05, 4.69) is 15.5 Å². The van der Waals surface area contributed by atoms with Crippen LogP contribution in [0.15, 0.2) is 23.3 Å². The largest absolute Gasteiger partial charge is 0.492 e. The van der Waals surface area contributed by atoms with Crippen LogP contribution in [0.1, 0.15) is 23.0 Å². The summed E-state index contributed by atoms with van der Waals surface area (Å²) in [4.78, 5) is 15.9. The van der Waals surface area contributed by atoms with Gasteiger partial charge in [-0.2, -0.15) is 5.10 Å². The molecule has 0 radical (unpaired) electrons. The summed E-state index contributed by atoms with van der Waals surface area (Å²) in [6, 6.07) is 5.08. The number of rotatable bonds is 5. The van der Waals surface area contributed by atoms with Gasteiger partial charge in [0.25, 0.3) is 5.91 Å². The maximum absolute atomic E-state index is 12.1. The molecule has 0 spiro atoms. The lowest BCUT2D eigenvalue weighted by molar-refractivity contribution is 0.0950. The second-order valence-electron chi connectivity index (χ2n) is 4.61. The van der Waals surface area contributed by atoms with Gasteiger partial charge >= 0.3 is 0 Å². The number of hydrogen-bond donors (Lipinski definition) is 2. The summed E-state index contributed by atoms with van der Waals surface area (Å²) < 4.78 is 5.33. The van der Waals surface area contributed by atoms with Gasteiger partial charge in [-0.1, -0.05) is 46.4 Å². The van der Waals surface area contributed by atoms with Crippen molar-refractivity contribution < 1.29 is 9.53 Å². The molecule has 0 aliphatic heterocycles. The summed E-state index contributed by atoms with van der Waals surface area (Å²) in [5, 5.41) is 4.00. The SMILES string of the molecule is CCOc1ccc(/C=N/NC(=O)c2nc(Cl)c(Cl)c(N)c2Cl)cc1Cl. The first kappa shape index (κ1) is 19.6. The molecule has 6 nitrogen and oxygen atoms in total. The van der Waals surface area contributed by atoms with Crippen molar-refractivity contribution in [3.8, 4) is 5.75 Å². The van der Waals surface area contributed by atoms with E-state index in [0.29, 0.717) is 22.9 Å². The van der Waals surface area contributed by atoms with Gasteiger partial charge < -0.3 is 10.5 Å². The number of nitrogens with zero attached hydrogens (tertiary/aromatic N) is 2. The van der Waals surface area contributed by atoms with Crippen molar-refractivity contribution in [3.63, 3.8) is 0 Å². The Hall–Kier alpha value is -1.73. The standard InChI is InChI=1S/C15H12Cl4N4O2/c1-2-25-9-4-3-7(5-8(9)16)6-21-23-15(24)13-10(17)12(20)11(18)14(19)22-13/h3-6H,2H2,1H3,(H2,20,22)(H,23,24)/b21-6+. The van der Waals surface area contributed by atoms with Crippen LogP contribution in [0.5, 0.6) is 5.75 Å². The molecule has 0 atom stereocenters. The highest BCUT2D eigenvalue weighted by molar-refractivity contribution is 6.46. The number of benzene rings is 1. The Bertz CT molecular complexity index is 843. The number of amides is 1. The fourth-order valence-electron chi connectivity index (χ4n) is 1.77. The smallest absolute Gasteiger partial charge is 0.291 e. The minimum Gasteiger partial charge on any atom is -0.492 e. The first-order valence-corrected chi connectivity index (χ1v) is 8.42. The van der Waals surface area contributed by atoms with Gasteiger partial charge in [-0.05, 0) is 30.7 Å². The van der Waals surface area contributed by atoms with Gasteiger partial charge in [-0.25, -0.2) is 10.4 Å². The minimum atomic E-state index is -0.691. The molecule has 2 aromatic rings. The number of anilines is 1. The topological polar surface area (TPSA) is 89.6 Å². The zero-order valence-corrected chi connectivity index (χ0v) is 15.8. The molecule has 10 heteroatoms. The van der Waals surface area contributed by atoms with Gasteiger partial charge in [0.2, 0.25) is 0 Å². The first-order chi connectivity index (χ1) is 11.8. The second-order valence-corrected chi connectivity index (χ2v) is 6.14. The van der Waals surface area contributed by atoms with Gasteiger partial charge in [0.05, 0.1) is 28.6 Å². The van der Waals surface area contributed by atoms with Crippen molar-refractivity contribution >= 4 is 64.2 Å². The van der Waals surface area contributed by atoms with Gasteiger partial charge in [-0.3, -0.25) is 4.79 Å². The molecule has 0 unspecified atom stereocenters. The quantitative estimate of drug-likeness (QED) is 0.424. The van der Waals surface area contributed by atoms with Crippen LogP contribution < -0.4 is 15.9 Å². The maximum Gasteiger partial charge on any atom is 0.291 e.